The van der Waals surface area contributed by atoms with E-state index in [1.807, 2.05) is 0 Å². The zero-order chi connectivity index (χ0) is 26.6. The maximum absolute atomic E-state index is 9.72. The SMILES string of the molecule is CCCC[C@H](C)[C@H]1CC[C@H]2[C@@H]3[C@H](OCCO)C[C@@H]4C[C@@H](OCCO)CC[C@]4(C)[C@H]3C[C@H](OCCO)[C@]12C. The topological polar surface area (TPSA) is 88.4 Å². The quantitative estimate of drug-likeness (QED) is 0.320. The molecule has 0 heterocycles. The van der Waals surface area contributed by atoms with Crippen LogP contribution in [0.5, 0.6) is 0 Å². The first-order valence-electron chi connectivity index (χ1n) is 15.5. The van der Waals surface area contributed by atoms with Gasteiger partial charge < -0.3 is 29.5 Å². The third kappa shape index (κ3) is 5.67. The molecule has 6 heteroatoms. The van der Waals surface area contributed by atoms with Crippen molar-refractivity contribution in [2.45, 2.75) is 110 Å². The Bertz CT molecular complexity index is 703. The number of hydrogen-bond acceptors (Lipinski definition) is 6. The van der Waals surface area contributed by atoms with Crippen molar-refractivity contribution >= 4 is 0 Å². The van der Waals surface area contributed by atoms with E-state index in [1.165, 1.54) is 32.1 Å². The first-order valence-corrected chi connectivity index (χ1v) is 15.5. The van der Waals surface area contributed by atoms with E-state index < -0.39 is 0 Å². The average Bonchev–Trinajstić information content (AvgIpc) is 3.26. The minimum absolute atomic E-state index is 0.0684. The van der Waals surface area contributed by atoms with Gasteiger partial charge in [-0.15, -0.1) is 0 Å². The van der Waals surface area contributed by atoms with E-state index >= 15 is 0 Å². The molecule has 3 N–H and O–H groups in total. The van der Waals surface area contributed by atoms with Crippen molar-refractivity contribution in [2.24, 2.45) is 46.3 Å². The highest BCUT2D eigenvalue weighted by Crippen LogP contribution is 2.69. The van der Waals surface area contributed by atoms with Crippen LogP contribution in [0.3, 0.4) is 0 Å². The van der Waals surface area contributed by atoms with E-state index in [1.54, 1.807) is 0 Å². The Morgan fingerprint density at radius 2 is 1.54 bits per heavy atom. The van der Waals surface area contributed by atoms with E-state index in [0.29, 0.717) is 55.3 Å². The lowest BCUT2D eigenvalue weighted by atomic mass is 9.43. The molecule has 0 radical (unpaired) electrons. The van der Waals surface area contributed by atoms with Crippen molar-refractivity contribution in [3.63, 3.8) is 0 Å². The van der Waals surface area contributed by atoms with Crippen molar-refractivity contribution in [3.05, 3.63) is 0 Å². The summed E-state index contributed by atoms with van der Waals surface area (Å²) in [6, 6.07) is 0. The molecule has 6 nitrogen and oxygen atoms in total. The molecule has 0 aromatic rings. The summed E-state index contributed by atoms with van der Waals surface area (Å²) in [7, 11) is 0. The lowest BCUT2D eigenvalue weighted by molar-refractivity contribution is -0.229. The van der Waals surface area contributed by atoms with Crippen LogP contribution in [0.1, 0.15) is 91.9 Å². The van der Waals surface area contributed by atoms with Crippen LogP contribution in [-0.2, 0) is 14.2 Å². The van der Waals surface area contributed by atoms with Gasteiger partial charge in [0.1, 0.15) is 0 Å². The summed E-state index contributed by atoms with van der Waals surface area (Å²) in [5.41, 5.74) is 0.311. The summed E-state index contributed by atoms with van der Waals surface area (Å²) >= 11 is 0. The summed E-state index contributed by atoms with van der Waals surface area (Å²) < 4.78 is 19.2. The van der Waals surface area contributed by atoms with Crippen LogP contribution in [0.4, 0.5) is 0 Å². The lowest BCUT2D eigenvalue weighted by Gasteiger charge is -2.64. The molecule has 0 aliphatic heterocycles. The molecule has 0 aromatic carbocycles. The summed E-state index contributed by atoms with van der Waals surface area (Å²) in [6.45, 7) is 11.3. The molecule has 37 heavy (non-hydrogen) atoms. The summed E-state index contributed by atoms with van der Waals surface area (Å²) in [6.07, 6.45) is 12.2. The molecule has 0 aromatic heterocycles. The number of rotatable bonds is 13. The molecule has 0 amide bonds. The zero-order valence-electron chi connectivity index (χ0n) is 24.1. The Kier molecular flexibility index (Phi) is 10.4. The Morgan fingerprint density at radius 3 is 2.24 bits per heavy atom. The Labute approximate surface area is 225 Å². The van der Waals surface area contributed by atoms with Gasteiger partial charge >= 0.3 is 0 Å². The summed E-state index contributed by atoms with van der Waals surface area (Å²) in [4.78, 5) is 0. The molecule has 11 atom stereocenters. The van der Waals surface area contributed by atoms with Crippen LogP contribution in [0.2, 0.25) is 0 Å². The number of ether oxygens (including phenoxy) is 3. The van der Waals surface area contributed by atoms with E-state index in [9.17, 15) is 15.3 Å². The maximum atomic E-state index is 9.72. The number of unbranched alkanes of at least 4 members (excludes halogenated alkanes) is 1. The second kappa shape index (κ2) is 13.0. The van der Waals surface area contributed by atoms with E-state index in [4.69, 9.17) is 14.2 Å². The van der Waals surface area contributed by atoms with Crippen molar-refractivity contribution in [3.8, 4) is 0 Å². The van der Waals surface area contributed by atoms with Crippen LogP contribution in [0, 0.1) is 46.3 Å². The molecule has 4 saturated carbocycles. The average molecular weight is 525 g/mol. The molecule has 4 rings (SSSR count). The molecule has 0 saturated heterocycles. The minimum Gasteiger partial charge on any atom is -0.394 e. The third-order valence-electron chi connectivity index (χ3n) is 11.7. The summed E-state index contributed by atoms with van der Waals surface area (Å²) in [5, 5.41) is 28.7. The third-order valence-corrected chi connectivity index (χ3v) is 11.7. The molecular weight excluding hydrogens is 468 g/mol. The van der Waals surface area contributed by atoms with Crippen molar-refractivity contribution < 1.29 is 29.5 Å². The fourth-order valence-electron chi connectivity index (χ4n) is 9.98. The van der Waals surface area contributed by atoms with Crippen molar-refractivity contribution in [1.82, 2.24) is 0 Å². The van der Waals surface area contributed by atoms with Crippen LogP contribution in [0.15, 0.2) is 0 Å². The van der Waals surface area contributed by atoms with Crippen LogP contribution < -0.4 is 0 Å². The second-order valence-corrected chi connectivity index (χ2v) is 13.3. The van der Waals surface area contributed by atoms with Gasteiger partial charge in [0.15, 0.2) is 0 Å². The highest BCUT2D eigenvalue weighted by Gasteiger charge is 2.66. The molecule has 0 unspecified atom stereocenters. The molecule has 4 fully saturated rings. The minimum atomic E-state index is 0.0684. The van der Waals surface area contributed by atoms with Gasteiger partial charge in [-0.25, -0.2) is 0 Å². The highest BCUT2D eigenvalue weighted by atomic mass is 16.5. The van der Waals surface area contributed by atoms with Crippen molar-refractivity contribution in [2.75, 3.05) is 39.6 Å². The molecule has 4 aliphatic rings. The van der Waals surface area contributed by atoms with Crippen molar-refractivity contribution in [1.29, 1.82) is 0 Å². The first-order chi connectivity index (χ1) is 17.8. The fourth-order valence-corrected chi connectivity index (χ4v) is 9.98. The molecule has 216 valence electrons. The predicted octanol–water partition coefficient (Wildman–Crippen LogP) is 4.82. The van der Waals surface area contributed by atoms with E-state index in [2.05, 4.69) is 27.7 Å². The van der Waals surface area contributed by atoms with Gasteiger partial charge in [-0.1, -0.05) is 47.0 Å². The number of hydrogen-bond donors (Lipinski definition) is 3. The second-order valence-electron chi connectivity index (χ2n) is 13.3. The largest absolute Gasteiger partial charge is 0.394 e. The van der Waals surface area contributed by atoms with E-state index in [-0.39, 0.29) is 49.0 Å². The van der Waals surface area contributed by atoms with Crippen LogP contribution >= 0.6 is 0 Å². The van der Waals surface area contributed by atoms with Gasteiger partial charge in [0.25, 0.3) is 0 Å². The Morgan fingerprint density at radius 1 is 0.838 bits per heavy atom. The molecule has 0 spiro atoms. The first kappa shape index (κ1) is 29.7. The monoisotopic (exact) mass is 524 g/mol. The van der Waals surface area contributed by atoms with Crippen LogP contribution in [0.25, 0.3) is 0 Å². The molecule has 4 aliphatic carbocycles. The number of fused-ring (bicyclic) bond motifs is 5. The van der Waals surface area contributed by atoms with Gasteiger partial charge in [-0.2, -0.15) is 0 Å². The Hall–Kier alpha value is -0.240. The van der Waals surface area contributed by atoms with E-state index in [0.717, 1.165) is 32.1 Å². The van der Waals surface area contributed by atoms with Gasteiger partial charge in [0, 0.05) is 5.41 Å². The van der Waals surface area contributed by atoms with Gasteiger partial charge in [0.2, 0.25) is 0 Å². The van der Waals surface area contributed by atoms with Gasteiger partial charge in [-0.05, 0) is 85.9 Å². The zero-order valence-corrected chi connectivity index (χ0v) is 24.1. The highest BCUT2D eigenvalue weighted by molar-refractivity contribution is 5.15. The van der Waals surface area contributed by atoms with Gasteiger partial charge in [-0.3, -0.25) is 0 Å². The van der Waals surface area contributed by atoms with Crippen LogP contribution in [-0.4, -0.2) is 73.3 Å². The maximum Gasteiger partial charge on any atom is 0.0701 e. The smallest absolute Gasteiger partial charge is 0.0701 e. The normalized spacial score (nSPS) is 44.2. The Balaban J connectivity index is 1.66. The number of aliphatic hydroxyl groups excluding tert-OH is 3. The molecular formula is C31H56O6. The number of aliphatic hydroxyl groups is 3. The predicted molar refractivity (Wildman–Crippen MR) is 145 cm³/mol. The standard InChI is InChI=1S/C31H56O6/c1-5-6-7-21(2)24-8-9-25-29-26(20-28(31(24,25)4)37-17-14-34)30(3)11-10-23(35-15-12-32)18-22(30)19-27(29)36-16-13-33/h21-29,32-34H,5-20H2,1-4H3/t21-,22-,23-,24+,25-,26-,27+,28-,29-,30-,31+/m0/s1. The fraction of sp³-hybridized carbons (Fsp3) is 1.00. The lowest BCUT2D eigenvalue weighted by Crippen LogP contribution is -2.63. The van der Waals surface area contributed by atoms with Gasteiger partial charge in [0.05, 0.1) is 58.0 Å². The molecule has 0 bridgehead atoms. The summed E-state index contributed by atoms with van der Waals surface area (Å²) in [5.74, 6) is 3.38.